The normalized spacial score (nSPS) is 14.9. The van der Waals surface area contributed by atoms with Crippen LogP contribution in [0.2, 0.25) is 0 Å². The van der Waals surface area contributed by atoms with E-state index in [1.165, 1.54) is 6.20 Å². The van der Waals surface area contributed by atoms with Gasteiger partial charge >= 0.3 is 0 Å². The summed E-state index contributed by atoms with van der Waals surface area (Å²) in [6.45, 7) is 0. The van der Waals surface area contributed by atoms with Gasteiger partial charge in [0, 0.05) is 35.1 Å². The van der Waals surface area contributed by atoms with Gasteiger partial charge in [-0.1, -0.05) is 12.1 Å². The Hall–Kier alpha value is -3.82. The summed E-state index contributed by atoms with van der Waals surface area (Å²) < 4.78 is 27.2. The Morgan fingerprint density at radius 2 is 1.87 bits per heavy atom. The molecule has 158 valence electrons. The lowest BCUT2D eigenvalue weighted by Crippen LogP contribution is -2.30. The van der Waals surface area contributed by atoms with E-state index in [2.05, 4.69) is 25.3 Å². The first kappa shape index (κ1) is 19.2. The van der Waals surface area contributed by atoms with Crippen LogP contribution in [0.4, 0.5) is 20.5 Å². The predicted molar refractivity (Wildman–Crippen MR) is 114 cm³/mol. The number of nitrogen functional groups attached to an aromatic ring is 1. The maximum Gasteiger partial charge on any atom is 0.258 e. The van der Waals surface area contributed by atoms with Crippen LogP contribution < -0.4 is 16.8 Å². The van der Waals surface area contributed by atoms with E-state index in [1.807, 2.05) is 18.2 Å². The summed E-state index contributed by atoms with van der Waals surface area (Å²) in [5, 5.41) is 4.20. The molecule has 1 aromatic carbocycles. The number of halogens is 2. The number of nitrogens with two attached hydrogens (primary N) is 2. The Morgan fingerprint density at radius 1 is 1.13 bits per heavy atom. The zero-order valence-electron chi connectivity index (χ0n) is 16.3. The van der Waals surface area contributed by atoms with E-state index in [0.29, 0.717) is 22.2 Å². The molecule has 1 saturated carbocycles. The van der Waals surface area contributed by atoms with Crippen LogP contribution in [-0.2, 0) is 0 Å². The number of amides is 1. The van der Waals surface area contributed by atoms with Crippen molar-refractivity contribution >= 4 is 39.5 Å². The number of nitrogens with one attached hydrogen (secondary N) is 2. The monoisotopic (exact) mass is 423 g/mol. The summed E-state index contributed by atoms with van der Waals surface area (Å²) in [5.74, 6) is -0.273. The molecular formula is C21H19F2N7O. The van der Waals surface area contributed by atoms with Gasteiger partial charge in [-0.15, -0.1) is 0 Å². The molecule has 31 heavy (non-hydrogen) atoms. The van der Waals surface area contributed by atoms with E-state index < -0.39 is 18.4 Å². The molecule has 3 aromatic heterocycles. The van der Waals surface area contributed by atoms with Crippen molar-refractivity contribution in [2.24, 2.45) is 11.7 Å². The van der Waals surface area contributed by atoms with Crippen molar-refractivity contribution < 1.29 is 13.6 Å². The minimum absolute atomic E-state index is 0.0880. The molecule has 1 fully saturated rings. The highest BCUT2D eigenvalue weighted by molar-refractivity contribution is 6.18. The average molecular weight is 423 g/mol. The van der Waals surface area contributed by atoms with Crippen LogP contribution >= 0.6 is 0 Å². The molecular weight excluding hydrogens is 404 g/mol. The summed E-state index contributed by atoms with van der Waals surface area (Å²) >= 11 is 0. The molecule has 0 saturated heterocycles. The largest absolute Gasteiger partial charge is 0.368 e. The number of primary amides is 1. The second-order valence-electron chi connectivity index (χ2n) is 7.69. The summed E-state index contributed by atoms with van der Waals surface area (Å²) in [4.78, 5) is 27.5. The number of alkyl halides is 2. The molecule has 1 amide bonds. The summed E-state index contributed by atoms with van der Waals surface area (Å²) in [6.07, 6.45) is 3.52. The Kier molecular flexibility index (Phi) is 4.42. The number of hydrogen-bond acceptors (Lipinski definition) is 6. The summed E-state index contributed by atoms with van der Waals surface area (Å²) in [6, 6.07) is 4.57. The molecule has 1 aliphatic rings. The third-order valence-electron chi connectivity index (χ3n) is 5.60. The summed E-state index contributed by atoms with van der Waals surface area (Å²) in [7, 11) is 0. The van der Waals surface area contributed by atoms with Crippen LogP contribution in [-0.4, -0.2) is 38.3 Å². The van der Waals surface area contributed by atoms with Crippen molar-refractivity contribution in [2.75, 3.05) is 11.1 Å². The zero-order chi connectivity index (χ0) is 21.7. The number of pyridine rings is 1. The third kappa shape index (κ3) is 3.39. The predicted octanol–water partition coefficient (Wildman–Crippen LogP) is 3.31. The first-order valence-electron chi connectivity index (χ1n) is 9.79. The van der Waals surface area contributed by atoms with Crippen LogP contribution in [0.1, 0.15) is 23.2 Å². The molecule has 8 nitrogen and oxygen atoms in total. The smallest absolute Gasteiger partial charge is 0.258 e. The molecule has 0 radical (unpaired) electrons. The first-order chi connectivity index (χ1) is 14.9. The van der Waals surface area contributed by atoms with Crippen molar-refractivity contribution in [3.05, 3.63) is 42.4 Å². The van der Waals surface area contributed by atoms with Crippen LogP contribution in [0.15, 0.2) is 36.8 Å². The minimum Gasteiger partial charge on any atom is -0.368 e. The van der Waals surface area contributed by atoms with Crippen LogP contribution in [0, 0.1) is 5.92 Å². The molecule has 1 atom stereocenters. The van der Waals surface area contributed by atoms with E-state index in [1.54, 1.807) is 12.4 Å². The number of aromatic amines is 1. The Labute approximate surface area is 175 Å². The van der Waals surface area contributed by atoms with Crippen molar-refractivity contribution in [2.45, 2.75) is 25.3 Å². The number of rotatable bonds is 6. The second-order valence-corrected chi connectivity index (χ2v) is 7.69. The van der Waals surface area contributed by atoms with Crippen molar-refractivity contribution in [3.8, 4) is 11.1 Å². The number of aromatic nitrogens is 4. The second kappa shape index (κ2) is 7.15. The van der Waals surface area contributed by atoms with Crippen molar-refractivity contribution in [1.29, 1.82) is 0 Å². The number of H-pyrrole nitrogens is 1. The third-order valence-corrected chi connectivity index (χ3v) is 5.60. The summed E-state index contributed by atoms with van der Waals surface area (Å²) in [5.41, 5.74) is 14.0. The van der Waals surface area contributed by atoms with Gasteiger partial charge in [0.15, 0.2) is 0 Å². The molecule has 1 unspecified atom stereocenters. The zero-order valence-corrected chi connectivity index (χ0v) is 16.3. The lowest BCUT2D eigenvalue weighted by Gasteiger charge is -2.19. The Balaban J connectivity index is 1.68. The number of anilines is 2. The van der Waals surface area contributed by atoms with Gasteiger partial charge in [-0.3, -0.25) is 4.79 Å². The average Bonchev–Trinajstić information content (AvgIpc) is 3.50. The van der Waals surface area contributed by atoms with Gasteiger partial charge in [-0.2, -0.15) is 0 Å². The minimum atomic E-state index is -2.53. The van der Waals surface area contributed by atoms with Gasteiger partial charge in [0.05, 0.1) is 22.5 Å². The van der Waals surface area contributed by atoms with Crippen LogP contribution in [0.5, 0.6) is 0 Å². The highest BCUT2D eigenvalue weighted by Gasteiger charge is 2.38. The van der Waals surface area contributed by atoms with E-state index in [4.69, 9.17) is 11.5 Å². The maximum absolute atomic E-state index is 13.6. The molecule has 6 N–H and O–H groups in total. The molecule has 4 aromatic rings. The maximum atomic E-state index is 13.6. The number of carbonyl (C=O) groups excluding carboxylic acids is 1. The van der Waals surface area contributed by atoms with Gasteiger partial charge in [-0.05, 0) is 30.4 Å². The van der Waals surface area contributed by atoms with Gasteiger partial charge < -0.3 is 21.8 Å². The number of benzene rings is 1. The Bertz CT molecular complexity index is 1300. The number of carbonyl (C=O) groups is 1. The van der Waals surface area contributed by atoms with Crippen LogP contribution in [0.3, 0.4) is 0 Å². The van der Waals surface area contributed by atoms with Gasteiger partial charge in [0.25, 0.3) is 12.3 Å². The van der Waals surface area contributed by atoms with E-state index >= 15 is 0 Å². The SMILES string of the molecule is NC(=O)c1cnc(NC(C(F)F)C2CC2)c2c1[nH]c1cc(-c3cnc(N)nc3)ccc12. The van der Waals surface area contributed by atoms with Gasteiger partial charge in [0.2, 0.25) is 5.95 Å². The van der Waals surface area contributed by atoms with Gasteiger partial charge in [0.1, 0.15) is 5.82 Å². The molecule has 0 spiro atoms. The number of fused-ring (bicyclic) bond motifs is 3. The van der Waals surface area contributed by atoms with Crippen molar-refractivity contribution in [3.63, 3.8) is 0 Å². The highest BCUT2D eigenvalue weighted by atomic mass is 19.3. The molecule has 0 aliphatic heterocycles. The molecule has 0 bridgehead atoms. The van der Waals surface area contributed by atoms with E-state index in [9.17, 15) is 13.6 Å². The van der Waals surface area contributed by atoms with Gasteiger partial charge in [-0.25, -0.2) is 23.7 Å². The number of nitrogens with zero attached hydrogens (tertiary/aromatic N) is 3. The van der Waals surface area contributed by atoms with Crippen LogP contribution in [0.25, 0.3) is 32.9 Å². The molecule has 10 heteroatoms. The highest BCUT2D eigenvalue weighted by Crippen LogP contribution is 2.39. The standard InChI is InChI=1S/C21H19F2N7O/c22-18(23)16(9-1-2-9)30-20-15-12-4-3-10(11-6-27-21(25)28-7-11)5-14(12)29-17(15)13(8-26-20)19(24)31/h3-9,16,18,29H,1-2H2,(H2,24,31)(H,26,30)(H2,25,27,28). The van der Waals surface area contributed by atoms with E-state index in [0.717, 1.165) is 29.4 Å². The topological polar surface area (TPSA) is 136 Å². The fraction of sp³-hybridized carbons (Fsp3) is 0.238. The van der Waals surface area contributed by atoms with E-state index in [-0.39, 0.29) is 17.4 Å². The number of hydrogen-bond donors (Lipinski definition) is 4. The fourth-order valence-electron chi connectivity index (χ4n) is 3.87. The molecule has 3 heterocycles. The van der Waals surface area contributed by atoms with Crippen molar-refractivity contribution in [1.82, 2.24) is 19.9 Å². The molecule has 5 rings (SSSR count). The first-order valence-corrected chi connectivity index (χ1v) is 9.79. The quantitative estimate of drug-likeness (QED) is 0.376. The Morgan fingerprint density at radius 3 is 2.52 bits per heavy atom. The molecule has 1 aliphatic carbocycles. The lowest BCUT2D eigenvalue weighted by molar-refractivity contribution is 0.100. The lowest BCUT2D eigenvalue weighted by atomic mass is 10.1. The fourth-order valence-corrected chi connectivity index (χ4v) is 3.87.